The van der Waals surface area contributed by atoms with Crippen molar-refractivity contribution in [3.8, 4) is 11.5 Å². The summed E-state index contributed by atoms with van der Waals surface area (Å²) in [6.45, 7) is 12.9. The highest BCUT2D eigenvalue weighted by atomic mass is 16.5. The Morgan fingerprint density at radius 2 is 1.67 bits per heavy atom. The molecule has 2 aromatic rings. The molecule has 33 heavy (non-hydrogen) atoms. The van der Waals surface area contributed by atoms with E-state index < -0.39 is 6.04 Å². The van der Waals surface area contributed by atoms with E-state index in [0.717, 1.165) is 5.56 Å². The van der Waals surface area contributed by atoms with Crippen molar-refractivity contribution in [2.24, 2.45) is 5.92 Å². The lowest BCUT2D eigenvalue weighted by atomic mass is 9.87. The molecule has 1 N–H and O–H groups in total. The van der Waals surface area contributed by atoms with E-state index in [1.165, 1.54) is 5.56 Å². The third-order valence-corrected chi connectivity index (χ3v) is 5.42. The normalized spacial score (nSPS) is 12.2. The Morgan fingerprint density at radius 3 is 2.24 bits per heavy atom. The molecule has 0 spiro atoms. The Labute approximate surface area is 198 Å². The maximum atomic E-state index is 13.2. The number of hydrogen-bond donors (Lipinski definition) is 1. The number of benzene rings is 2. The largest absolute Gasteiger partial charge is 0.497 e. The molecule has 180 valence electrons. The number of rotatable bonds is 10. The topological polar surface area (TPSA) is 67.9 Å². The zero-order chi connectivity index (χ0) is 24.6. The maximum Gasteiger partial charge on any atom is 0.261 e. The van der Waals surface area contributed by atoms with E-state index >= 15 is 0 Å². The lowest BCUT2D eigenvalue weighted by Crippen LogP contribution is -2.49. The molecule has 0 aliphatic heterocycles. The van der Waals surface area contributed by atoms with Crippen molar-refractivity contribution < 1.29 is 19.1 Å². The molecule has 6 nitrogen and oxygen atoms in total. The van der Waals surface area contributed by atoms with Gasteiger partial charge in [0, 0.05) is 13.1 Å². The molecular formula is C27H38N2O4. The van der Waals surface area contributed by atoms with Crippen LogP contribution in [0.4, 0.5) is 0 Å². The number of ether oxygens (including phenoxy) is 2. The highest BCUT2D eigenvalue weighted by Gasteiger charge is 2.26. The van der Waals surface area contributed by atoms with Crippen molar-refractivity contribution in [3.05, 3.63) is 59.7 Å². The summed E-state index contributed by atoms with van der Waals surface area (Å²) >= 11 is 0. The highest BCUT2D eigenvalue weighted by Crippen LogP contribution is 2.24. The molecule has 6 heteroatoms. The van der Waals surface area contributed by atoms with E-state index in [1.54, 1.807) is 18.9 Å². The van der Waals surface area contributed by atoms with Gasteiger partial charge in [0.1, 0.15) is 17.5 Å². The molecule has 0 fully saturated rings. The smallest absolute Gasteiger partial charge is 0.261 e. The highest BCUT2D eigenvalue weighted by molar-refractivity contribution is 5.88. The quantitative estimate of drug-likeness (QED) is 0.571. The lowest BCUT2D eigenvalue weighted by molar-refractivity contribution is -0.142. The van der Waals surface area contributed by atoms with Crippen LogP contribution in [-0.2, 0) is 21.5 Å². The maximum absolute atomic E-state index is 13.2. The minimum Gasteiger partial charge on any atom is -0.497 e. The first-order chi connectivity index (χ1) is 15.5. The zero-order valence-corrected chi connectivity index (χ0v) is 21.0. The SMILES string of the molecule is COc1cccc(CN(C(=O)COc2ccc(C(C)(C)C)cc2)[C@@H](C)C(=O)NCC(C)C)c1. The molecular weight excluding hydrogens is 416 g/mol. The van der Waals surface area contributed by atoms with Gasteiger partial charge in [-0.05, 0) is 53.6 Å². The van der Waals surface area contributed by atoms with Gasteiger partial charge >= 0.3 is 0 Å². The number of carbonyl (C=O) groups excluding carboxylic acids is 2. The number of nitrogens with zero attached hydrogens (tertiary/aromatic N) is 1. The van der Waals surface area contributed by atoms with Gasteiger partial charge in [0.2, 0.25) is 5.91 Å². The number of methoxy groups -OCH3 is 1. The summed E-state index contributed by atoms with van der Waals surface area (Å²) in [5.41, 5.74) is 2.11. The van der Waals surface area contributed by atoms with Gasteiger partial charge in [-0.2, -0.15) is 0 Å². The number of amides is 2. The second kappa shape index (κ2) is 11.7. The third-order valence-electron chi connectivity index (χ3n) is 5.42. The fraction of sp³-hybridized carbons (Fsp3) is 0.481. The van der Waals surface area contributed by atoms with Gasteiger partial charge in [0.25, 0.3) is 5.91 Å². The fourth-order valence-electron chi connectivity index (χ4n) is 3.28. The third kappa shape index (κ3) is 8.12. The van der Waals surface area contributed by atoms with Gasteiger partial charge in [-0.15, -0.1) is 0 Å². The summed E-state index contributed by atoms with van der Waals surface area (Å²) in [7, 11) is 1.60. The molecule has 0 bridgehead atoms. The van der Waals surface area contributed by atoms with E-state index in [1.807, 2.05) is 62.4 Å². The minimum atomic E-state index is -0.644. The summed E-state index contributed by atoms with van der Waals surface area (Å²) < 4.78 is 11.1. The van der Waals surface area contributed by atoms with Crippen LogP contribution in [0.15, 0.2) is 48.5 Å². The van der Waals surface area contributed by atoms with Crippen LogP contribution in [0.5, 0.6) is 11.5 Å². The molecule has 0 unspecified atom stereocenters. The van der Waals surface area contributed by atoms with Crippen molar-refractivity contribution in [2.75, 3.05) is 20.3 Å². The summed E-state index contributed by atoms with van der Waals surface area (Å²) in [5, 5.41) is 2.92. The van der Waals surface area contributed by atoms with Crippen LogP contribution in [0.2, 0.25) is 0 Å². The van der Waals surface area contributed by atoms with E-state index in [-0.39, 0.29) is 30.4 Å². The second-order valence-corrected chi connectivity index (χ2v) is 9.75. The van der Waals surface area contributed by atoms with Gasteiger partial charge in [-0.1, -0.05) is 58.9 Å². The van der Waals surface area contributed by atoms with Crippen molar-refractivity contribution in [1.82, 2.24) is 10.2 Å². The first-order valence-electron chi connectivity index (χ1n) is 11.4. The first kappa shape index (κ1) is 26.2. The Balaban J connectivity index is 2.14. The molecule has 2 aromatic carbocycles. The van der Waals surface area contributed by atoms with E-state index in [0.29, 0.717) is 24.0 Å². The van der Waals surface area contributed by atoms with Crippen molar-refractivity contribution in [2.45, 2.75) is 59.5 Å². The van der Waals surface area contributed by atoms with Gasteiger partial charge in [-0.3, -0.25) is 9.59 Å². The molecule has 0 radical (unpaired) electrons. The van der Waals surface area contributed by atoms with E-state index in [4.69, 9.17) is 9.47 Å². The molecule has 0 saturated carbocycles. The zero-order valence-electron chi connectivity index (χ0n) is 21.0. The van der Waals surface area contributed by atoms with Gasteiger partial charge in [-0.25, -0.2) is 0 Å². The Hall–Kier alpha value is -3.02. The van der Waals surface area contributed by atoms with Crippen molar-refractivity contribution >= 4 is 11.8 Å². The molecule has 0 aliphatic rings. The standard InChI is InChI=1S/C27H38N2O4/c1-19(2)16-28-26(31)20(3)29(17-21-9-8-10-24(15-21)32-7)25(30)18-33-23-13-11-22(12-14-23)27(4,5)6/h8-15,19-20H,16-18H2,1-7H3,(H,28,31)/t20-/m0/s1. The molecule has 0 heterocycles. The van der Waals surface area contributed by atoms with Crippen LogP contribution < -0.4 is 14.8 Å². The minimum absolute atomic E-state index is 0.0423. The summed E-state index contributed by atoms with van der Waals surface area (Å²) in [6, 6.07) is 14.6. The van der Waals surface area contributed by atoms with E-state index in [2.05, 4.69) is 26.1 Å². The van der Waals surface area contributed by atoms with Crippen LogP contribution >= 0.6 is 0 Å². The predicted octanol–water partition coefficient (Wildman–Crippen LogP) is 4.56. The summed E-state index contributed by atoms with van der Waals surface area (Å²) in [4.78, 5) is 27.5. The Bertz CT molecular complexity index is 916. The van der Waals surface area contributed by atoms with Crippen LogP contribution in [0.1, 0.15) is 52.7 Å². The predicted molar refractivity (Wildman–Crippen MR) is 131 cm³/mol. The fourth-order valence-corrected chi connectivity index (χ4v) is 3.28. The van der Waals surface area contributed by atoms with Gasteiger partial charge < -0.3 is 19.7 Å². The first-order valence-corrected chi connectivity index (χ1v) is 11.4. The molecule has 0 aromatic heterocycles. The Morgan fingerprint density at radius 1 is 1.00 bits per heavy atom. The van der Waals surface area contributed by atoms with Crippen molar-refractivity contribution in [3.63, 3.8) is 0 Å². The second-order valence-electron chi connectivity index (χ2n) is 9.75. The lowest BCUT2D eigenvalue weighted by Gasteiger charge is -2.29. The molecule has 0 saturated heterocycles. The van der Waals surface area contributed by atoms with Gasteiger partial charge in [0.05, 0.1) is 7.11 Å². The van der Waals surface area contributed by atoms with Crippen molar-refractivity contribution in [1.29, 1.82) is 0 Å². The number of carbonyl (C=O) groups is 2. The average molecular weight is 455 g/mol. The van der Waals surface area contributed by atoms with Crippen LogP contribution in [0, 0.1) is 5.92 Å². The molecule has 1 atom stereocenters. The Kier molecular flexibility index (Phi) is 9.32. The molecule has 2 amide bonds. The summed E-state index contributed by atoms with van der Waals surface area (Å²) in [6.07, 6.45) is 0. The monoisotopic (exact) mass is 454 g/mol. The molecule has 2 rings (SSSR count). The molecule has 0 aliphatic carbocycles. The van der Waals surface area contributed by atoms with Gasteiger partial charge in [0.15, 0.2) is 6.61 Å². The van der Waals surface area contributed by atoms with E-state index in [9.17, 15) is 9.59 Å². The van der Waals surface area contributed by atoms with Crippen LogP contribution in [0.3, 0.4) is 0 Å². The number of hydrogen-bond acceptors (Lipinski definition) is 4. The van der Waals surface area contributed by atoms with Crippen LogP contribution in [-0.4, -0.2) is 43.0 Å². The average Bonchev–Trinajstić information content (AvgIpc) is 2.78. The summed E-state index contributed by atoms with van der Waals surface area (Å²) in [5.74, 6) is 1.20. The number of nitrogens with one attached hydrogen (secondary N) is 1. The van der Waals surface area contributed by atoms with Crippen LogP contribution in [0.25, 0.3) is 0 Å².